The third-order valence-electron chi connectivity index (χ3n) is 3.30. The Bertz CT molecular complexity index is 811. The molecule has 23 heavy (non-hydrogen) atoms. The number of nitrogens with zero attached hydrogens (tertiary/aromatic N) is 2. The lowest BCUT2D eigenvalue weighted by atomic mass is 10.1. The van der Waals surface area contributed by atoms with Crippen LogP contribution in [-0.2, 0) is 0 Å². The number of nitrogens with one attached hydrogen (secondary N) is 1. The smallest absolute Gasteiger partial charge is 0.322 e. The van der Waals surface area contributed by atoms with Crippen molar-refractivity contribution < 1.29 is 9.21 Å². The fourth-order valence-electron chi connectivity index (χ4n) is 2.00. The molecule has 0 atom stereocenters. The maximum atomic E-state index is 12.2. The molecular formula is C17H15N3O2S. The molecule has 5 nitrogen and oxygen atoms in total. The van der Waals surface area contributed by atoms with Gasteiger partial charge in [-0.15, -0.1) is 16.9 Å². The predicted octanol–water partition coefficient (Wildman–Crippen LogP) is 4.02. The van der Waals surface area contributed by atoms with Crippen LogP contribution in [0.5, 0.6) is 0 Å². The summed E-state index contributed by atoms with van der Waals surface area (Å²) in [5.41, 5.74) is 2.50. The van der Waals surface area contributed by atoms with Crippen LogP contribution < -0.4 is 5.32 Å². The minimum atomic E-state index is -0.281. The Morgan fingerprint density at radius 3 is 2.39 bits per heavy atom. The highest BCUT2D eigenvalue weighted by molar-refractivity contribution is 7.98. The van der Waals surface area contributed by atoms with Gasteiger partial charge in [0.2, 0.25) is 5.89 Å². The highest BCUT2D eigenvalue weighted by Gasteiger charge is 2.12. The zero-order valence-corrected chi connectivity index (χ0v) is 13.6. The van der Waals surface area contributed by atoms with Crippen molar-refractivity contribution >= 4 is 23.7 Å². The topological polar surface area (TPSA) is 68.0 Å². The Labute approximate surface area is 138 Å². The number of carbonyl (C=O) groups excluding carboxylic acids is 1. The Kier molecular flexibility index (Phi) is 4.43. The van der Waals surface area contributed by atoms with Crippen LogP contribution >= 0.6 is 11.8 Å². The number of carbonyl (C=O) groups is 1. The summed E-state index contributed by atoms with van der Waals surface area (Å²) in [7, 11) is 0. The van der Waals surface area contributed by atoms with Gasteiger partial charge in [0.1, 0.15) is 0 Å². The average molecular weight is 325 g/mol. The average Bonchev–Trinajstić information content (AvgIpc) is 3.04. The molecule has 0 bridgehead atoms. The van der Waals surface area contributed by atoms with Crippen LogP contribution in [0.4, 0.5) is 6.01 Å². The summed E-state index contributed by atoms with van der Waals surface area (Å²) >= 11 is 1.62. The van der Waals surface area contributed by atoms with Crippen LogP contribution in [0.3, 0.4) is 0 Å². The van der Waals surface area contributed by atoms with Gasteiger partial charge < -0.3 is 4.42 Å². The van der Waals surface area contributed by atoms with E-state index in [9.17, 15) is 4.79 Å². The maximum absolute atomic E-state index is 12.2. The lowest BCUT2D eigenvalue weighted by molar-refractivity contribution is 0.102. The minimum Gasteiger partial charge on any atom is -0.403 e. The number of anilines is 1. The van der Waals surface area contributed by atoms with Gasteiger partial charge in [0.05, 0.1) is 0 Å². The molecule has 0 unspecified atom stereocenters. The Hall–Kier alpha value is -2.60. The molecule has 0 aliphatic carbocycles. The molecule has 1 aromatic heterocycles. The van der Waals surface area contributed by atoms with Crippen molar-refractivity contribution in [2.45, 2.75) is 11.8 Å². The van der Waals surface area contributed by atoms with Crippen LogP contribution in [0.15, 0.2) is 57.8 Å². The van der Waals surface area contributed by atoms with E-state index in [0.29, 0.717) is 11.5 Å². The van der Waals surface area contributed by atoms with Crippen LogP contribution in [-0.4, -0.2) is 22.4 Å². The summed E-state index contributed by atoms with van der Waals surface area (Å²) in [5, 5.41) is 10.4. The number of amides is 1. The van der Waals surface area contributed by atoms with Gasteiger partial charge in [-0.1, -0.05) is 22.8 Å². The van der Waals surface area contributed by atoms with Gasteiger partial charge in [-0.3, -0.25) is 10.1 Å². The molecule has 0 fully saturated rings. The molecule has 0 spiro atoms. The number of benzene rings is 2. The monoisotopic (exact) mass is 325 g/mol. The Morgan fingerprint density at radius 2 is 1.74 bits per heavy atom. The minimum absolute atomic E-state index is 0.0829. The van der Waals surface area contributed by atoms with Gasteiger partial charge >= 0.3 is 6.01 Å². The van der Waals surface area contributed by atoms with Gasteiger partial charge in [-0.05, 0) is 49.6 Å². The number of rotatable bonds is 4. The second kappa shape index (κ2) is 6.66. The van der Waals surface area contributed by atoms with Crippen LogP contribution in [0.25, 0.3) is 11.5 Å². The van der Waals surface area contributed by atoms with Gasteiger partial charge in [0.15, 0.2) is 0 Å². The van der Waals surface area contributed by atoms with E-state index in [1.807, 2.05) is 49.6 Å². The molecule has 0 radical (unpaired) electrons. The summed E-state index contributed by atoms with van der Waals surface area (Å²) in [4.78, 5) is 13.3. The summed E-state index contributed by atoms with van der Waals surface area (Å²) < 4.78 is 5.49. The highest BCUT2D eigenvalue weighted by Crippen LogP contribution is 2.21. The van der Waals surface area contributed by atoms with Crippen molar-refractivity contribution in [1.82, 2.24) is 10.2 Å². The fourth-order valence-corrected chi connectivity index (χ4v) is 2.41. The third kappa shape index (κ3) is 3.60. The molecule has 0 saturated heterocycles. The Morgan fingerprint density at radius 1 is 1.04 bits per heavy atom. The van der Waals surface area contributed by atoms with Crippen molar-refractivity contribution in [3.8, 4) is 11.5 Å². The second-order valence-corrected chi connectivity index (χ2v) is 5.84. The largest absolute Gasteiger partial charge is 0.403 e. The SMILES string of the molecule is CSc1ccc(C(=O)Nc2nnc(-c3ccc(C)cc3)o2)cc1. The summed E-state index contributed by atoms with van der Waals surface area (Å²) in [6.07, 6.45) is 1.99. The standard InChI is InChI=1S/C17H15N3O2S/c1-11-3-5-13(6-4-11)16-19-20-17(22-16)18-15(21)12-7-9-14(23-2)10-8-12/h3-10H,1-2H3,(H,18,20,21). The van der Waals surface area contributed by atoms with Crippen LogP contribution in [0, 0.1) is 6.92 Å². The lowest BCUT2D eigenvalue weighted by Gasteiger charge is -2.01. The van der Waals surface area contributed by atoms with E-state index in [-0.39, 0.29) is 11.9 Å². The maximum Gasteiger partial charge on any atom is 0.322 e. The van der Waals surface area contributed by atoms with E-state index in [0.717, 1.165) is 16.0 Å². The molecule has 3 rings (SSSR count). The second-order valence-electron chi connectivity index (χ2n) is 4.96. The third-order valence-corrected chi connectivity index (χ3v) is 4.04. The number of hydrogen-bond donors (Lipinski definition) is 1. The molecule has 116 valence electrons. The van der Waals surface area contributed by atoms with Crippen molar-refractivity contribution in [1.29, 1.82) is 0 Å². The van der Waals surface area contributed by atoms with E-state index in [2.05, 4.69) is 15.5 Å². The molecule has 0 aliphatic heterocycles. The first-order valence-corrected chi connectivity index (χ1v) is 8.24. The number of aryl methyl sites for hydroxylation is 1. The number of aromatic nitrogens is 2. The first kappa shape index (κ1) is 15.3. The summed E-state index contributed by atoms with van der Waals surface area (Å²) in [5.74, 6) is 0.0924. The highest BCUT2D eigenvalue weighted by atomic mass is 32.2. The van der Waals surface area contributed by atoms with Crippen LogP contribution in [0.1, 0.15) is 15.9 Å². The molecule has 1 amide bonds. The van der Waals surface area contributed by atoms with E-state index in [4.69, 9.17) is 4.42 Å². The molecule has 3 aromatic rings. The van der Waals surface area contributed by atoms with E-state index in [1.165, 1.54) is 0 Å². The van der Waals surface area contributed by atoms with E-state index in [1.54, 1.807) is 23.9 Å². The molecule has 0 saturated carbocycles. The van der Waals surface area contributed by atoms with Crippen molar-refractivity contribution in [2.24, 2.45) is 0 Å². The number of hydrogen-bond acceptors (Lipinski definition) is 5. The molecule has 0 aliphatic rings. The molecule has 6 heteroatoms. The summed E-state index contributed by atoms with van der Waals surface area (Å²) in [6.45, 7) is 2.01. The first-order valence-electron chi connectivity index (χ1n) is 7.01. The summed E-state index contributed by atoms with van der Waals surface area (Å²) in [6, 6.07) is 15.1. The molecule has 1 N–H and O–H groups in total. The van der Waals surface area contributed by atoms with Gasteiger partial charge in [0.25, 0.3) is 5.91 Å². The quantitative estimate of drug-likeness (QED) is 0.734. The van der Waals surface area contributed by atoms with Gasteiger partial charge in [-0.25, -0.2) is 0 Å². The van der Waals surface area contributed by atoms with Crippen molar-refractivity contribution in [3.05, 3.63) is 59.7 Å². The number of thioether (sulfide) groups is 1. The Balaban J connectivity index is 1.73. The molecule has 1 heterocycles. The zero-order chi connectivity index (χ0) is 16.2. The van der Waals surface area contributed by atoms with Crippen molar-refractivity contribution in [3.63, 3.8) is 0 Å². The zero-order valence-electron chi connectivity index (χ0n) is 12.7. The first-order chi connectivity index (χ1) is 11.2. The molecular weight excluding hydrogens is 310 g/mol. The lowest BCUT2D eigenvalue weighted by Crippen LogP contribution is -2.11. The normalized spacial score (nSPS) is 10.5. The van der Waals surface area contributed by atoms with Gasteiger partial charge in [-0.2, -0.15) is 0 Å². The molecule has 2 aromatic carbocycles. The van der Waals surface area contributed by atoms with Crippen molar-refractivity contribution in [2.75, 3.05) is 11.6 Å². The fraction of sp³-hybridized carbons (Fsp3) is 0.118. The van der Waals surface area contributed by atoms with Gasteiger partial charge in [0, 0.05) is 16.0 Å². The predicted molar refractivity (Wildman–Crippen MR) is 90.6 cm³/mol. The van der Waals surface area contributed by atoms with E-state index < -0.39 is 0 Å². The van der Waals surface area contributed by atoms with E-state index >= 15 is 0 Å². The van der Waals surface area contributed by atoms with Crippen LogP contribution in [0.2, 0.25) is 0 Å².